The van der Waals surface area contributed by atoms with Gasteiger partial charge in [-0.1, -0.05) is 0 Å². The average molecular weight is 175 g/mol. The van der Waals surface area contributed by atoms with Gasteiger partial charge in [-0.2, -0.15) is 0 Å². The van der Waals surface area contributed by atoms with Crippen molar-refractivity contribution in [3.8, 4) is 5.88 Å². The summed E-state index contributed by atoms with van der Waals surface area (Å²) in [6, 6.07) is 3.46. The molecule has 1 heterocycles. The monoisotopic (exact) mass is 174 g/mol. The van der Waals surface area contributed by atoms with Gasteiger partial charge in [0.05, 0.1) is 0 Å². The van der Waals surface area contributed by atoms with E-state index < -0.39 is 0 Å². The highest BCUT2D eigenvalue weighted by Crippen LogP contribution is 2.06. The van der Waals surface area contributed by atoms with Gasteiger partial charge in [0.15, 0.2) is 0 Å². The van der Waals surface area contributed by atoms with E-state index in [1.165, 1.54) is 0 Å². The van der Waals surface area contributed by atoms with Gasteiger partial charge in [-0.25, -0.2) is 4.98 Å². The Hall–Kier alpha value is -0.800. The average Bonchev–Trinajstić information content (AvgIpc) is 1.88. The van der Waals surface area contributed by atoms with Gasteiger partial charge in [0.2, 0.25) is 5.88 Å². The molecule has 1 rings (SSSR count). The van der Waals surface area contributed by atoms with Gasteiger partial charge in [-0.15, -0.1) is 12.4 Å². The molecule has 0 saturated carbocycles. The second-order valence-corrected chi connectivity index (χ2v) is 2.06. The smallest absolute Gasteiger partial charge is 0.210 e. The third-order valence-electron chi connectivity index (χ3n) is 1.24. The number of rotatable bonds is 2. The lowest BCUT2D eigenvalue weighted by atomic mass is 10.2. The molecule has 11 heavy (non-hydrogen) atoms. The quantitative estimate of drug-likeness (QED) is 0.695. The highest BCUT2D eigenvalue weighted by Gasteiger charge is 1.91. The highest BCUT2D eigenvalue weighted by atomic mass is 35.5. The van der Waals surface area contributed by atoms with Gasteiger partial charge in [-0.05, 0) is 24.6 Å². The molecule has 4 heteroatoms. The van der Waals surface area contributed by atoms with Crippen molar-refractivity contribution in [2.24, 2.45) is 5.73 Å². The number of nitrogens with two attached hydrogens (primary N) is 1. The third kappa shape index (κ3) is 3.20. The fourth-order valence-corrected chi connectivity index (χ4v) is 0.783. The Bertz CT molecular complexity index is 217. The molecular formula is C7H11ClN2O. The molecule has 0 radical (unpaired) electrons. The minimum Gasteiger partial charge on any atom is -0.493 e. The Morgan fingerprint density at radius 3 is 2.82 bits per heavy atom. The molecule has 1 aromatic rings. The minimum atomic E-state index is 0. The Kier molecular flexibility index (Phi) is 4.57. The van der Waals surface area contributed by atoms with Crippen LogP contribution in [0.3, 0.4) is 0 Å². The van der Waals surface area contributed by atoms with Crippen LogP contribution in [0.4, 0.5) is 0 Å². The molecule has 0 spiro atoms. The minimum absolute atomic E-state index is 0. The van der Waals surface area contributed by atoms with Crippen molar-refractivity contribution in [1.82, 2.24) is 4.98 Å². The molecule has 0 aliphatic rings. The number of hydrogen-bond donors (Lipinski definition) is 2. The number of aromatic nitrogens is 1. The van der Waals surface area contributed by atoms with E-state index >= 15 is 0 Å². The molecule has 62 valence electrons. The number of pyridine rings is 1. The van der Waals surface area contributed by atoms with Crippen LogP contribution in [-0.2, 0) is 6.42 Å². The van der Waals surface area contributed by atoms with Crippen LogP contribution in [-0.4, -0.2) is 16.6 Å². The number of aromatic hydroxyl groups is 1. The lowest BCUT2D eigenvalue weighted by molar-refractivity contribution is 0.452. The molecule has 0 aliphatic carbocycles. The van der Waals surface area contributed by atoms with Gasteiger partial charge in [-0.3, -0.25) is 0 Å². The lowest BCUT2D eigenvalue weighted by Gasteiger charge is -1.96. The van der Waals surface area contributed by atoms with Crippen LogP contribution in [0.15, 0.2) is 18.3 Å². The van der Waals surface area contributed by atoms with Crippen LogP contribution in [0.25, 0.3) is 0 Å². The van der Waals surface area contributed by atoms with E-state index in [9.17, 15) is 0 Å². The van der Waals surface area contributed by atoms with Crippen molar-refractivity contribution in [3.63, 3.8) is 0 Å². The molecule has 3 N–H and O–H groups in total. The third-order valence-corrected chi connectivity index (χ3v) is 1.24. The van der Waals surface area contributed by atoms with E-state index in [0.29, 0.717) is 6.54 Å². The van der Waals surface area contributed by atoms with Crippen LogP contribution in [0.2, 0.25) is 0 Å². The summed E-state index contributed by atoms with van der Waals surface area (Å²) in [7, 11) is 0. The fourth-order valence-electron chi connectivity index (χ4n) is 0.783. The van der Waals surface area contributed by atoms with Crippen molar-refractivity contribution in [2.45, 2.75) is 6.42 Å². The molecule has 3 nitrogen and oxygen atoms in total. The SMILES string of the molecule is Cl.NCCc1ccnc(O)c1. The second kappa shape index (κ2) is 4.93. The maximum Gasteiger partial charge on any atom is 0.210 e. The van der Waals surface area contributed by atoms with Crippen molar-refractivity contribution < 1.29 is 5.11 Å². The summed E-state index contributed by atoms with van der Waals surface area (Å²) in [6.45, 7) is 0.601. The van der Waals surface area contributed by atoms with Crippen molar-refractivity contribution in [1.29, 1.82) is 0 Å². The Balaban J connectivity index is 0.000001000. The summed E-state index contributed by atoms with van der Waals surface area (Å²) >= 11 is 0. The van der Waals surface area contributed by atoms with Gasteiger partial charge in [0.25, 0.3) is 0 Å². The Morgan fingerprint density at radius 1 is 1.55 bits per heavy atom. The predicted octanol–water partition coefficient (Wildman–Crippen LogP) is 0.710. The predicted molar refractivity (Wildman–Crippen MR) is 45.9 cm³/mol. The fraction of sp³-hybridized carbons (Fsp3) is 0.286. The summed E-state index contributed by atoms with van der Waals surface area (Å²) in [5.74, 6) is 0.0611. The molecule has 0 bridgehead atoms. The van der Waals surface area contributed by atoms with Crippen LogP contribution in [0.1, 0.15) is 5.56 Å². The van der Waals surface area contributed by atoms with Crippen LogP contribution in [0, 0.1) is 0 Å². The summed E-state index contributed by atoms with van der Waals surface area (Å²) in [5, 5.41) is 8.89. The number of nitrogens with zero attached hydrogens (tertiary/aromatic N) is 1. The first-order chi connectivity index (χ1) is 4.83. The van der Waals surface area contributed by atoms with E-state index in [-0.39, 0.29) is 18.3 Å². The summed E-state index contributed by atoms with van der Waals surface area (Å²) in [4.78, 5) is 3.64. The van der Waals surface area contributed by atoms with Gasteiger partial charge in [0, 0.05) is 12.3 Å². The summed E-state index contributed by atoms with van der Waals surface area (Å²) in [5.41, 5.74) is 6.33. The standard InChI is InChI=1S/C7H10N2O.ClH/c8-3-1-6-2-4-9-7(10)5-6;/h2,4-5H,1,3,8H2,(H,9,10);1H. The summed E-state index contributed by atoms with van der Waals surface area (Å²) in [6.07, 6.45) is 2.36. The van der Waals surface area contributed by atoms with E-state index in [0.717, 1.165) is 12.0 Å². The van der Waals surface area contributed by atoms with Crippen molar-refractivity contribution in [3.05, 3.63) is 23.9 Å². The van der Waals surface area contributed by atoms with E-state index in [1.54, 1.807) is 12.3 Å². The van der Waals surface area contributed by atoms with E-state index in [1.807, 2.05) is 6.07 Å². The maximum atomic E-state index is 8.89. The van der Waals surface area contributed by atoms with Crippen molar-refractivity contribution >= 4 is 12.4 Å². The lowest BCUT2D eigenvalue weighted by Crippen LogP contribution is -2.02. The molecule has 0 unspecified atom stereocenters. The Labute approximate surface area is 71.7 Å². The molecule has 0 amide bonds. The molecular weight excluding hydrogens is 164 g/mol. The normalized spacial score (nSPS) is 8.82. The topological polar surface area (TPSA) is 59.1 Å². The van der Waals surface area contributed by atoms with Crippen LogP contribution < -0.4 is 5.73 Å². The molecule has 0 saturated heterocycles. The molecule has 0 atom stereocenters. The summed E-state index contributed by atoms with van der Waals surface area (Å²) < 4.78 is 0. The molecule has 0 aromatic carbocycles. The van der Waals surface area contributed by atoms with Gasteiger partial charge >= 0.3 is 0 Å². The molecule has 1 aromatic heterocycles. The highest BCUT2D eigenvalue weighted by molar-refractivity contribution is 5.85. The first-order valence-corrected chi connectivity index (χ1v) is 3.17. The first-order valence-electron chi connectivity index (χ1n) is 3.17. The zero-order valence-corrected chi connectivity index (χ0v) is 6.84. The van der Waals surface area contributed by atoms with Gasteiger partial charge in [0.1, 0.15) is 0 Å². The second-order valence-electron chi connectivity index (χ2n) is 2.06. The zero-order chi connectivity index (χ0) is 7.40. The zero-order valence-electron chi connectivity index (χ0n) is 6.03. The largest absolute Gasteiger partial charge is 0.493 e. The number of halogens is 1. The van der Waals surface area contributed by atoms with E-state index in [4.69, 9.17) is 10.8 Å². The van der Waals surface area contributed by atoms with Gasteiger partial charge < -0.3 is 10.8 Å². The first kappa shape index (κ1) is 10.2. The molecule has 0 fully saturated rings. The van der Waals surface area contributed by atoms with E-state index in [2.05, 4.69) is 4.98 Å². The number of hydrogen-bond acceptors (Lipinski definition) is 3. The Morgan fingerprint density at radius 2 is 2.27 bits per heavy atom. The van der Waals surface area contributed by atoms with Crippen LogP contribution >= 0.6 is 12.4 Å². The van der Waals surface area contributed by atoms with Crippen LogP contribution in [0.5, 0.6) is 5.88 Å². The maximum absolute atomic E-state index is 8.89. The van der Waals surface area contributed by atoms with Crippen molar-refractivity contribution in [2.75, 3.05) is 6.54 Å². The molecule has 0 aliphatic heterocycles.